The fourth-order valence-corrected chi connectivity index (χ4v) is 3.84. The van der Waals surface area contributed by atoms with Gasteiger partial charge in [-0.3, -0.25) is 4.79 Å². The lowest BCUT2D eigenvalue weighted by Gasteiger charge is -2.34. The Kier molecular flexibility index (Phi) is 6.84. The molecule has 0 saturated carbocycles. The second-order valence-electron chi connectivity index (χ2n) is 7.37. The van der Waals surface area contributed by atoms with Gasteiger partial charge in [0, 0.05) is 43.8 Å². The highest BCUT2D eigenvalue weighted by molar-refractivity contribution is 5.93. The summed E-state index contributed by atoms with van der Waals surface area (Å²) in [5.74, 6) is -0.685. The van der Waals surface area contributed by atoms with Crippen LogP contribution in [0.1, 0.15) is 32.3 Å². The Hall–Kier alpha value is -2.77. The van der Waals surface area contributed by atoms with Gasteiger partial charge in [0.25, 0.3) is 0 Å². The number of benzene rings is 1. The zero-order valence-electron chi connectivity index (χ0n) is 17.2. The zero-order valence-corrected chi connectivity index (χ0v) is 17.2. The Morgan fingerprint density at radius 3 is 2.53 bits per heavy atom. The molecule has 5 nitrogen and oxygen atoms in total. The Morgan fingerprint density at radius 1 is 1.20 bits per heavy atom. The van der Waals surface area contributed by atoms with Gasteiger partial charge in [-0.05, 0) is 63.1 Å². The van der Waals surface area contributed by atoms with Crippen molar-refractivity contribution in [2.75, 3.05) is 41.3 Å². The fourth-order valence-electron chi connectivity index (χ4n) is 3.84. The highest BCUT2D eigenvalue weighted by Gasteiger charge is 2.37. The summed E-state index contributed by atoms with van der Waals surface area (Å²) in [6.45, 7) is 6.62. The van der Waals surface area contributed by atoms with Crippen molar-refractivity contribution in [2.24, 2.45) is 5.92 Å². The van der Waals surface area contributed by atoms with Crippen molar-refractivity contribution < 1.29 is 18.0 Å². The minimum atomic E-state index is -4.48. The quantitative estimate of drug-likeness (QED) is 0.729. The smallest absolute Gasteiger partial charge is 0.372 e. The number of carbonyl (C=O) groups excluding carboxylic acids is 1. The topological polar surface area (TPSA) is 48.5 Å². The molecule has 1 aromatic heterocycles. The number of pyridine rings is 1. The number of rotatable bonds is 6. The van der Waals surface area contributed by atoms with E-state index in [0.29, 0.717) is 25.1 Å². The maximum Gasteiger partial charge on any atom is 0.419 e. The molecule has 1 aliphatic heterocycles. The van der Waals surface area contributed by atoms with E-state index in [1.54, 1.807) is 4.90 Å². The molecule has 3 rings (SSSR count). The number of carbonyl (C=O) groups is 1. The number of amides is 1. The summed E-state index contributed by atoms with van der Waals surface area (Å²) >= 11 is 0. The Balaban J connectivity index is 1.68. The molecule has 1 atom stereocenters. The molecule has 1 saturated heterocycles. The molecule has 30 heavy (non-hydrogen) atoms. The van der Waals surface area contributed by atoms with E-state index in [1.165, 1.54) is 12.3 Å². The molecule has 162 valence electrons. The monoisotopic (exact) mass is 420 g/mol. The van der Waals surface area contributed by atoms with Gasteiger partial charge in [0.2, 0.25) is 5.91 Å². The van der Waals surface area contributed by atoms with Crippen molar-refractivity contribution >= 4 is 23.1 Å². The van der Waals surface area contributed by atoms with Gasteiger partial charge in [0.05, 0.1) is 11.5 Å². The van der Waals surface area contributed by atoms with E-state index in [1.807, 2.05) is 24.3 Å². The van der Waals surface area contributed by atoms with Crippen LogP contribution in [-0.2, 0) is 11.0 Å². The molecule has 1 fully saturated rings. The zero-order chi connectivity index (χ0) is 21.7. The number of nitrogens with one attached hydrogen (secondary N) is 1. The highest BCUT2D eigenvalue weighted by atomic mass is 19.4. The third kappa shape index (κ3) is 5.04. The molecule has 1 N–H and O–H groups in total. The molecule has 2 heterocycles. The lowest BCUT2D eigenvalue weighted by molar-refractivity contribution is -0.137. The molecule has 8 heteroatoms. The molecule has 0 aliphatic carbocycles. The third-order valence-electron chi connectivity index (χ3n) is 5.45. The van der Waals surface area contributed by atoms with Crippen LogP contribution in [0.4, 0.5) is 30.4 Å². The average molecular weight is 420 g/mol. The van der Waals surface area contributed by atoms with Crippen molar-refractivity contribution in [1.29, 1.82) is 0 Å². The average Bonchev–Trinajstić information content (AvgIpc) is 2.75. The van der Waals surface area contributed by atoms with Gasteiger partial charge < -0.3 is 15.1 Å². The number of anilines is 3. The number of hydrogen-bond donors (Lipinski definition) is 1. The predicted octanol–water partition coefficient (Wildman–Crippen LogP) is 4.80. The summed E-state index contributed by atoms with van der Waals surface area (Å²) in [6.07, 6.45) is -1.86. The lowest BCUT2D eigenvalue weighted by Crippen LogP contribution is -2.42. The van der Waals surface area contributed by atoms with E-state index in [9.17, 15) is 18.0 Å². The van der Waals surface area contributed by atoms with Gasteiger partial charge in [0.1, 0.15) is 5.82 Å². The standard InChI is InChI=1S/C22H27F3N4O/c1-3-28(4-2)18-11-9-17(10-12-18)27-21(30)16-7-6-14-29(15-16)20-19(22(23,24)25)8-5-13-26-20/h5,8-13,16H,3-4,6-7,14-15H2,1-2H3,(H,27,30). The fraction of sp³-hybridized carbons (Fsp3) is 0.455. The van der Waals surface area contributed by atoms with E-state index >= 15 is 0 Å². The van der Waals surface area contributed by atoms with Crippen LogP contribution in [0.3, 0.4) is 0 Å². The van der Waals surface area contributed by atoms with Crippen molar-refractivity contribution in [1.82, 2.24) is 4.98 Å². The van der Waals surface area contributed by atoms with Crippen LogP contribution >= 0.6 is 0 Å². The van der Waals surface area contributed by atoms with Crippen LogP contribution in [0.15, 0.2) is 42.6 Å². The summed E-state index contributed by atoms with van der Waals surface area (Å²) < 4.78 is 40.0. The van der Waals surface area contributed by atoms with E-state index in [2.05, 4.69) is 29.0 Å². The van der Waals surface area contributed by atoms with Gasteiger partial charge in [-0.2, -0.15) is 13.2 Å². The first-order valence-electron chi connectivity index (χ1n) is 10.3. The largest absolute Gasteiger partial charge is 0.419 e. The van der Waals surface area contributed by atoms with Crippen LogP contribution in [-0.4, -0.2) is 37.1 Å². The number of alkyl halides is 3. The molecular weight excluding hydrogens is 393 g/mol. The molecule has 0 bridgehead atoms. The molecule has 0 radical (unpaired) electrons. The summed E-state index contributed by atoms with van der Waals surface area (Å²) in [6, 6.07) is 9.93. The Bertz CT molecular complexity index is 850. The first-order chi connectivity index (χ1) is 14.3. The summed E-state index contributed by atoms with van der Waals surface area (Å²) in [4.78, 5) is 20.5. The van der Waals surface area contributed by atoms with Crippen molar-refractivity contribution in [3.8, 4) is 0 Å². The van der Waals surface area contributed by atoms with Crippen LogP contribution in [0.2, 0.25) is 0 Å². The summed E-state index contributed by atoms with van der Waals surface area (Å²) in [5.41, 5.74) is 0.997. The third-order valence-corrected chi connectivity index (χ3v) is 5.45. The van der Waals surface area contributed by atoms with E-state index in [4.69, 9.17) is 0 Å². The van der Waals surface area contributed by atoms with Crippen molar-refractivity contribution in [3.05, 3.63) is 48.2 Å². The van der Waals surface area contributed by atoms with Gasteiger partial charge in [-0.1, -0.05) is 0 Å². The molecule has 2 aromatic rings. The van der Waals surface area contributed by atoms with Crippen molar-refractivity contribution in [3.63, 3.8) is 0 Å². The Morgan fingerprint density at radius 2 is 1.90 bits per heavy atom. The number of nitrogens with zero attached hydrogens (tertiary/aromatic N) is 3. The van der Waals surface area contributed by atoms with Crippen LogP contribution in [0.5, 0.6) is 0 Å². The minimum absolute atomic E-state index is 0.105. The first-order valence-corrected chi connectivity index (χ1v) is 10.3. The van der Waals surface area contributed by atoms with Gasteiger partial charge in [-0.15, -0.1) is 0 Å². The van der Waals surface area contributed by atoms with E-state index < -0.39 is 17.7 Å². The number of piperidine rings is 1. The van der Waals surface area contributed by atoms with Gasteiger partial charge in [0.15, 0.2) is 0 Å². The summed E-state index contributed by atoms with van der Waals surface area (Å²) in [7, 11) is 0. The second kappa shape index (κ2) is 9.36. The predicted molar refractivity (Wildman–Crippen MR) is 113 cm³/mol. The second-order valence-corrected chi connectivity index (χ2v) is 7.37. The molecule has 1 aromatic carbocycles. The van der Waals surface area contributed by atoms with E-state index in [-0.39, 0.29) is 18.3 Å². The SMILES string of the molecule is CCN(CC)c1ccc(NC(=O)C2CCCN(c3ncccc3C(F)(F)F)C2)cc1. The van der Waals surface area contributed by atoms with Crippen LogP contribution < -0.4 is 15.1 Å². The molecule has 1 unspecified atom stereocenters. The maximum absolute atomic E-state index is 13.3. The number of halogens is 3. The van der Waals surface area contributed by atoms with Gasteiger partial charge in [-0.25, -0.2) is 4.98 Å². The maximum atomic E-state index is 13.3. The molecule has 1 amide bonds. The molecular formula is C22H27F3N4O. The first kappa shape index (κ1) is 21.9. The molecule has 0 spiro atoms. The van der Waals surface area contributed by atoms with E-state index in [0.717, 1.165) is 24.8 Å². The van der Waals surface area contributed by atoms with Crippen molar-refractivity contribution in [2.45, 2.75) is 32.9 Å². The lowest BCUT2D eigenvalue weighted by atomic mass is 9.96. The normalized spacial score (nSPS) is 17.0. The number of hydrogen-bond acceptors (Lipinski definition) is 4. The number of aromatic nitrogens is 1. The highest BCUT2D eigenvalue weighted by Crippen LogP contribution is 2.36. The van der Waals surface area contributed by atoms with Gasteiger partial charge >= 0.3 is 6.18 Å². The van der Waals surface area contributed by atoms with Crippen LogP contribution in [0, 0.1) is 5.92 Å². The van der Waals surface area contributed by atoms with Crippen LogP contribution in [0.25, 0.3) is 0 Å². The summed E-state index contributed by atoms with van der Waals surface area (Å²) in [5, 5.41) is 2.90. The minimum Gasteiger partial charge on any atom is -0.372 e. The Labute approximate surface area is 174 Å². The molecule has 1 aliphatic rings.